The molecular weight excluding hydrogens is 362 g/mol. The quantitative estimate of drug-likeness (QED) is 0.795. The number of urea groups is 1. The van der Waals surface area contributed by atoms with Crippen molar-refractivity contribution in [3.05, 3.63) is 41.7 Å². The summed E-state index contributed by atoms with van der Waals surface area (Å²) in [6, 6.07) is 10.0. The van der Waals surface area contributed by atoms with Gasteiger partial charge in [-0.05, 0) is 69.7 Å². The number of piperidine rings is 1. The van der Waals surface area contributed by atoms with Crippen LogP contribution < -0.4 is 10.6 Å². The van der Waals surface area contributed by atoms with E-state index in [-0.39, 0.29) is 12.1 Å². The van der Waals surface area contributed by atoms with E-state index in [0.717, 1.165) is 54.6 Å². The van der Waals surface area contributed by atoms with E-state index in [9.17, 15) is 4.79 Å². The molecule has 0 radical (unpaired) electrons. The number of nitrogens with zero attached hydrogens (tertiary/aromatic N) is 3. The molecule has 1 aromatic carbocycles. The summed E-state index contributed by atoms with van der Waals surface area (Å²) in [4.78, 5) is 15.1. The molecule has 6 nitrogen and oxygen atoms in total. The van der Waals surface area contributed by atoms with Crippen LogP contribution >= 0.6 is 0 Å². The Morgan fingerprint density at radius 3 is 2.55 bits per heavy atom. The molecule has 156 valence electrons. The zero-order valence-electron chi connectivity index (χ0n) is 17.7. The van der Waals surface area contributed by atoms with Gasteiger partial charge in [-0.15, -0.1) is 0 Å². The Bertz CT molecular complexity index is 832. The zero-order valence-corrected chi connectivity index (χ0v) is 17.7. The number of nitrogens with one attached hydrogen (secondary N) is 2. The van der Waals surface area contributed by atoms with Crippen molar-refractivity contribution in [2.24, 2.45) is 5.92 Å². The van der Waals surface area contributed by atoms with Crippen molar-refractivity contribution >= 4 is 11.7 Å². The van der Waals surface area contributed by atoms with Crippen LogP contribution in [0.4, 0.5) is 10.5 Å². The van der Waals surface area contributed by atoms with Gasteiger partial charge in [-0.3, -0.25) is 0 Å². The van der Waals surface area contributed by atoms with E-state index in [1.54, 1.807) is 0 Å². The maximum atomic E-state index is 12.5. The number of rotatable bonds is 5. The van der Waals surface area contributed by atoms with Crippen LogP contribution in [0.25, 0.3) is 5.69 Å². The van der Waals surface area contributed by atoms with E-state index < -0.39 is 0 Å². The Hall–Kier alpha value is -2.34. The molecule has 1 aliphatic carbocycles. The fourth-order valence-corrected chi connectivity index (χ4v) is 4.78. The van der Waals surface area contributed by atoms with E-state index in [4.69, 9.17) is 0 Å². The highest BCUT2D eigenvalue weighted by Gasteiger charge is 2.24. The summed E-state index contributed by atoms with van der Waals surface area (Å²) in [6.07, 6.45) is 7.68. The number of benzene rings is 1. The molecule has 1 saturated carbocycles. The summed E-state index contributed by atoms with van der Waals surface area (Å²) in [5, 5.41) is 10.7. The summed E-state index contributed by atoms with van der Waals surface area (Å²) in [6.45, 7) is 7.45. The second-order valence-electron chi connectivity index (χ2n) is 8.71. The number of aromatic nitrogens is 2. The first kappa shape index (κ1) is 20.0. The van der Waals surface area contributed by atoms with Crippen molar-refractivity contribution in [3.63, 3.8) is 0 Å². The first-order valence-corrected chi connectivity index (χ1v) is 11.0. The lowest BCUT2D eigenvalue weighted by molar-refractivity contribution is 0.173. The van der Waals surface area contributed by atoms with Crippen LogP contribution in [0.1, 0.15) is 49.9 Å². The number of hydrogen-bond acceptors (Lipinski definition) is 3. The van der Waals surface area contributed by atoms with Gasteiger partial charge in [0.1, 0.15) is 0 Å². The fraction of sp³-hybridized carbons (Fsp3) is 0.565. The molecule has 29 heavy (non-hydrogen) atoms. The number of aryl methyl sites for hydroxylation is 2. The number of carbonyl (C=O) groups excluding carboxylic acids is 1. The molecule has 0 bridgehead atoms. The maximum absolute atomic E-state index is 12.5. The molecule has 1 aliphatic heterocycles. The van der Waals surface area contributed by atoms with Crippen LogP contribution in [-0.2, 0) is 0 Å². The average Bonchev–Trinajstić information content (AvgIpc) is 3.32. The first-order chi connectivity index (χ1) is 14.1. The molecule has 2 amide bonds. The van der Waals surface area contributed by atoms with Crippen LogP contribution in [0, 0.1) is 19.8 Å². The van der Waals surface area contributed by atoms with E-state index in [0.29, 0.717) is 0 Å². The molecule has 2 fully saturated rings. The molecule has 2 heterocycles. The minimum atomic E-state index is -0.121. The molecule has 0 spiro atoms. The molecule has 0 atom stereocenters. The minimum Gasteiger partial charge on any atom is -0.335 e. The predicted molar refractivity (Wildman–Crippen MR) is 117 cm³/mol. The monoisotopic (exact) mass is 395 g/mol. The lowest BCUT2D eigenvalue weighted by atomic mass is 10.0. The van der Waals surface area contributed by atoms with Gasteiger partial charge in [-0.1, -0.05) is 18.9 Å². The summed E-state index contributed by atoms with van der Waals surface area (Å²) in [7, 11) is 0. The molecule has 6 heteroatoms. The van der Waals surface area contributed by atoms with E-state index in [1.165, 1.54) is 32.2 Å². The van der Waals surface area contributed by atoms with Gasteiger partial charge in [-0.25, -0.2) is 9.48 Å². The van der Waals surface area contributed by atoms with Crippen molar-refractivity contribution in [1.29, 1.82) is 0 Å². The lowest BCUT2D eigenvalue weighted by Crippen LogP contribution is -2.46. The van der Waals surface area contributed by atoms with Crippen molar-refractivity contribution in [1.82, 2.24) is 20.0 Å². The summed E-state index contributed by atoms with van der Waals surface area (Å²) in [5.41, 5.74) is 3.80. The Kier molecular flexibility index (Phi) is 6.19. The number of carbonyl (C=O) groups is 1. The van der Waals surface area contributed by atoms with Gasteiger partial charge >= 0.3 is 6.03 Å². The second-order valence-corrected chi connectivity index (χ2v) is 8.71. The highest BCUT2D eigenvalue weighted by Crippen LogP contribution is 2.26. The third kappa shape index (κ3) is 5.18. The van der Waals surface area contributed by atoms with Crippen molar-refractivity contribution in [3.8, 4) is 5.69 Å². The van der Waals surface area contributed by atoms with Crippen LogP contribution in [0.15, 0.2) is 30.3 Å². The van der Waals surface area contributed by atoms with Crippen LogP contribution in [0.2, 0.25) is 0 Å². The fourth-order valence-electron chi connectivity index (χ4n) is 4.78. The summed E-state index contributed by atoms with van der Waals surface area (Å²) in [5.74, 6) is 0.900. The highest BCUT2D eigenvalue weighted by molar-refractivity contribution is 5.89. The Labute approximate surface area is 173 Å². The third-order valence-electron chi connectivity index (χ3n) is 6.27. The largest absolute Gasteiger partial charge is 0.335 e. The topological polar surface area (TPSA) is 62.2 Å². The minimum absolute atomic E-state index is 0.121. The average molecular weight is 396 g/mol. The maximum Gasteiger partial charge on any atom is 0.319 e. The Morgan fingerprint density at radius 2 is 1.86 bits per heavy atom. The van der Waals surface area contributed by atoms with Crippen molar-refractivity contribution < 1.29 is 4.79 Å². The van der Waals surface area contributed by atoms with Crippen molar-refractivity contribution in [2.45, 2.75) is 58.4 Å². The Morgan fingerprint density at radius 1 is 1.10 bits per heavy atom. The number of amides is 2. The predicted octanol–water partition coefficient (Wildman–Crippen LogP) is 4.27. The molecule has 2 aliphatic rings. The van der Waals surface area contributed by atoms with Crippen LogP contribution in [0.3, 0.4) is 0 Å². The summed E-state index contributed by atoms with van der Waals surface area (Å²) < 4.78 is 1.90. The lowest BCUT2D eigenvalue weighted by Gasteiger charge is -2.33. The van der Waals surface area contributed by atoms with Gasteiger partial charge in [0.15, 0.2) is 0 Å². The van der Waals surface area contributed by atoms with Gasteiger partial charge in [0.05, 0.1) is 11.4 Å². The molecular formula is C23H33N5O. The third-order valence-corrected chi connectivity index (χ3v) is 6.27. The standard InChI is InChI=1S/C23H33N5O/c1-17-14-18(2)28(26-17)22-9-5-8-21(15-22)25-23(29)24-20-10-12-27(13-11-20)16-19-6-3-4-7-19/h5,8-9,14-15,19-20H,3-4,6-7,10-13,16H2,1-2H3,(H2,24,25,29). The second kappa shape index (κ2) is 8.99. The van der Waals surface area contributed by atoms with Gasteiger partial charge in [0, 0.05) is 37.1 Å². The first-order valence-electron chi connectivity index (χ1n) is 11.0. The molecule has 0 unspecified atom stereocenters. The van der Waals surface area contributed by atoms with Gasteiger partial charge in [0.25, 0.3) is 0 Å². The molecule has 4 rings (SSSR count). The smallest absolute Gasteiger partial charge is 0.319 e. The number of likely N-dealkylation sites (tertiary alicyclic amines) is 1. The van der Waals surface area contributed by atoms with Gasteiger partial charge in [0.2, 0.25) is 0 Å². The van der Waals surface area contributed by atoms with E-state index in [2.05, 4.69) is 20.6 Å². The van der Waals surface area contributed by atoms with Gasteiger partial charge in [-0.2, -0.15) is 5.10 Å². The SMILES string of the molecule is Cc1cc(C)n(-c2cccc(NC(=O)NC3CCN(CC4CCCC4)CC3)c2)n1. The van der Waals surface area contributed by atoms with E-state index >= 15 is 0 Å². The summed E-state index contributed by atoms with van der Waals surface area (Å²) >= 11 is 0. The normalized spacial score (nSPS) is 18.8. The zero-order chi connectivity index (χ0) is 20.2. The number of anilines is 1. The molecule has 1 saturated heterocycles. The molecule has 2 N–H and O–H groups in total. The number of hydrogen-bond donors (Lipinski definition) is 2. The Balaban J connectivity index is 1.27. The van der Waals surface area contributed by atoms with Crippen LogP contribution in [-0.4, -0.2) is 46.4 Å². The molecule has 2 aromatic rings. The van der Waals surface area contributed by atoms with Crippen LogP contribution in [0.5, 0.6) is 0 Å². The van der Waals surface area contributed by atoms with E-state index in [1.807, 2.05) is 48.9 Å². The van der Waals surface area contributed by atoms with Crippen molar-refractivity contribution in [2.75, 3.05) is 25.0 Å². The van der Waals surface area contributed by atoms with Gasteiger partial charge < -0.3 is 15.5 Å². The molecule has 1 aromatic heterocycles. The highest BCUT2D eigenvalue weighted by atomic mass is 16.2.